The molecular formula is C12H14BrNO2. The molecule has 16 heavy (non-hydrogen) atoms. The van der Waals surface area contributed by atoms with Crippen molar-refractivity contribution in [2.24, 2.45) is 0 Å². The summed E-state index contributed by atoms with van der Waals surface area (Å²) in [5.74, 6) is 0.587. The van der Waals surface area contributed by atoms with E-state index in [0.29, 0.717) is 24.5 Å². The summed E-state index contributed by atoms with van der Waals surface area (Å²) in [7, 11) is 0. The summed E-state index contributed by atoms with van der Waals surface area (Å²) in [6, 6.07) is 7.53. The van der Waals surface area contributed by atoms with Crippen LogP contribution in [0.1, 0.15) is 19.4 Å². The Labute approximate surface area is 104 Å². The fraction of sp³-hybridized carbons (Fsp3) is 0.417. The van der Waals surface area contributed by atoms with E-state index in [-0.39, 0.29) is 6.10 Å². The van der Waals surface area contributed by atoms with E-state index in [1.807, 2.05) is 26.0 Å². The highest BCUT2D eigenvalue weighted by molar-refractivity contribution is 9.10. The fourth-order valence-corrected chi connectivity index (χ4v) is 1.61. The molecule has 0 amide bonds. The lowest BCUT2D eigenvalue weighted by atomic mass is 10.2. The number of hydrogen-bond acceptors (Lipinski definition) is 3. The second kappa shape index (κ2) is 6.51. The van der Waals surface area contributed by atoms with Crippen LogP contribution in [0.25, 0.3) is 0 Å². The third-order valence-corrected chi connectivity index (χ3v) is 2.54. The number of ether oxygens (including phenoxy) is 2. The van der Waals surface area contributed by atoms with Gasteiger partial charge in [0.25, 0.3) is 0 Å². The molecule has 0 aliphatic heterocycles. The van der Waals surface area contributed by atoms with Gasteiger partial charge >= 0.3 is 0 Å². The standard InChI is InChI=1S/C12H14BrNO2/c1-9(2)15-6-7-16-12-5-3-4-11(13)10(12)8-14/h3-5,9H,6-7H2,1-2H3. The van der Waals surface area contributed by atoms with Crippen molar-refractivity contribution in [1.29, 1.82) is 5.26 Å². The predicted octanol–water partition coefficient (Wildman–Crippen LogP) is 3.12. The Kier molecular flexibility index (Phi) is 5.30. The third kappa shape index (κ3) is 3.84. The molecule has 1 aromatic carbocycles. The normalized spacial score (nSPS) is 10.2. The first-order valence-corrected chi connectivity index (χ1v) is 5.87. The molecule has 1 aromatic rings. The van der Waals surface area contributed by atoms with Gasteiger partial charge in [-0.05, 0) is 41.9 Å². The summed E-state index contributed by atoms with van der Waals surface area (Å²) in [6.45, 7) is 4.91. The van der Waals surface area contributed by atoms with Gasteiger partial charge in [-0.15, -0.1) is 0 Å². The lowest BCUT2D eigenvalue weighted by Crippen LogP contribution is -2.11. The fourth-order valence-electron chi connectivity index (χ4n) is 1.17. The van der Waals surface area contributed by atoms with Gasteiger partial charge in [-0.2, -0.15) is 5.26 Å². The van der Waals surface area contributed by atoms with Gasteiger partial charge < -0.3 is 9.47 Å². The zero-order valence-electron chi connectivity index (χ0n) is 9.37. The van der Waals surface area contributed by atoms with Gasteiger partial charge in [-0.3, -0.25) is 0 Å². The number of nitriles is 1. The van der Waals surface area contributed by atoms with Crippen molar-refractivity contribution in [2.45, 2.75) is 20.0 Å². The van der Waals surface area contributed by atoms with E-state index in [9.17, 15) is 0 Å². The molecular weight excluding hydrogens is 270 g/mol. The van der Waals surface area contributed by atoms with Crippen molar-refractivity contribution in [3.05, 3.63) is 28.2 Å². The Bertz CT molecular complexity index is 385. The second-order valence-electron chi connectivity index (χ2n) is 3.49. The Morgan fingerprint density at radius 3 is 2.75 bits per heavy atom. The molecule has 0 spiro atoms. The Hall–Kier alpha value is -1.05. The number of hydrogen-bond donors (Lipinski definition) is 0. The molecule has 0 unspecified atom stereocenters. The number of benzene rings is 1. The van der Waals surface area contributed by atoms with Gasteiger partial charge in [0.05, 0.1) is 12.7 Å². The maximum Gasteiger partial charge on any atom is 0.138 e. The molecule has 86 valence electrons. The zero-order valence-corrected chi connectivity index (χ0v) is 11.0. The van der Waals surface area contributed by atoms with Crippen molar-refractivity contribution in [1.82, 2.24) is 0 Å². The second-order valence-corrected chi connectivity index (χ2v) is 4.35. The van der Waals surface area contributed by atoms with E-state index in [2.05, 4.69) is 22.0 Å². The molecule has 0 aromatic heterocycles. The van der Waals surface area contributed by atoms with Crippen LogP contribution >= 0.6 is 15.9 Å². The largest absolute Gasteiger partial charge is 0.490 e. The molecule has 0 radical (unpaired) electrons. The van der Waals surface area contributed by atoms with Crippen LogP contribution < -0.4 is 4.74 Å². The Morgan fingerprint density at radius 1 is 1.38 bits per heavy atom. The average Bonchev–Trinajstić information content (AvgIpc) is 2.24. The van der Waals surface area contributed by atoms with Crippen molar-refractivity contribution in [3.8, 4) is 11.8 Å². The Balaban J connectivity index is 2.54. The topological polar surface area (TPSA) is 42.2 Å². The summed E-state index contributed by atoms with van der Waals surface area (Å²) in [6.07, 6.45) is 0.196. The van der Waals surface area contributed by atoms with E-state index in [1.54, 1.807) is 6.07 Å². The van der Waals surface area contributed by atoms with Gasteiger partial charge in [0.1, 0.15) is 24.0 Å². The summed E-state index contributed by atoms with van der Waals surface area (Å²) in [5.41, 5.74) is 0.520. The van der Waals surface area contributed by atoms with Gasteiger partial charge in [0.15, 0.2) is 0 Å². The molecule has 0 aliphatic rings. The van der Waals surface area contributed by atoms with Crippen molar-refractivity contribution < 1.29 is 9.47 Å². The number of rotatable bonds is 5. The zero-order chi connectivity index (χ0) is 12.0. The third-order valence-electron chi connectivity index (χ3n) is 1.88. The van der Waals surface area contributed by atoms with E-state index in [4.69, 9.17) is 14.7 Å². The van der Waals surface area contributed by atoms with Crippen LogP contribution in [0.2, 0.25) is 0 Å². The molecule has 0 saturated heterocycles. The minimum absolute atomic E-state index is 0.196. The van der Waals surface area contributed by atoms with Crippen LogP contribution in [-0.2, 0) is 4.74 Å². The smallest absolute Gasteiger partial charge is 0.138 e. The average molecular weight is 284 g/mol. The summed E-state index contributed by atoms with van der Waals surface area (Å²) < 4.78 is 11.6. The van der Waals surface area contributed by atoms with Crippen LogP contribution in [0.3, 0.4) is 0 Å². The van der Waals surface area contributed by atoms with Crippen molar-refractivity contribution >= 4 is 15.9 Å². The molecule has 0 N–H and O–H groups in total. The number of nitrogens with zero attached hydrogens (tertiary/aromatic N) is 1. The molecule has 0 heterocycles. The first kappa shape index (κ1) is 13.0. The van der Waals surface area contributed by atoms with Crippen molar-refractivity contribution in [3.63, 3.8) is 0 Å². The first-order chi connectivity index (χ1) is 7.65. The Morgan fingerprint density at radius 2 is 2.12 bits per heavy atom. The summed E-state index contributed by atoms with van der Waals surface area (Å²) in [5, 5.41) is 8.95. The molecule has 0 saturated carbocycles. The SMILES string of the molecule is CC(C)OCCOc1cccc(Br)c1C#N. The number of halogens is 1. The highest BCUT2D eigenvalue weighted by Crippen LogP contribution is 2.25. The molecule has 4 heteroatoms. The van der Waals surface area contributed by atoms with Crippen LogP contribution in [0.15, 0.2) is 22.7 Å². The van der Waals surface area contributed by atoms with E-state index < -0.39 is 0 Å². The molecule has 0 fully saturated rings. The molecule has 1 rings (SSSR count). The van der Waals surface area contributed by atoms with Gasteiger partial charge in [-0.25, -0.2) is 0 Å². The highest BCUT2D eigenvalue weighted by Gasteiger charge is 2.06. The first-order valence-electron chi connectivity index (χ1n) is 5.08. The van der Waals surface area contributed by atoms with Crippen LogP contribution in [0, 0.1) is 11.3 Å². The molecule has 0 bridgehead atoms. The van der Waals surface area contributed by atoms with Gasteiger partial charge in [0.2, 0.25) is 0 Å². The van der Waals surface area contributed by atoms with Gasteiger partial charge in [-0.1, -0.05) is 6.07 Å². The predicted molar refractivity (Wildman–Crippen MR) is 65.4 cm³/mol. The quantitative estimate of drug-likeness (QED) is 0.780. The van der Waals surface area contributed by atoms with E-state index in [1.165, 1.54) is 0 Å². The lowest BCUT2D eigenvalue weighted by molar-refractivity contribution is 0.0552. The van der Waals surface area contributed by atoms with Crippen LogP contribution in [0.5, 0.6) is 5.75 Å². The van der Waals surface area contributed by atoms with Crippen molar-refractivity contribution in [2.75, 3.05) is 13.2 Å². The van der Waals surface area contributed by atoms with Crippen LogP contribution in [-0.4, -0.2) is 19.3 Å². The molecule has 0 atom stereocenters. The maximum absolute atomic E-state index is 8.95. The van der Waals surface area contributed by atoms with Gasteiger partial charge in [0, 0.05) is 4.47 Å². The maximum atomic E-state index is 8.95. The minimum Gasteiger partial charge on any atom is -0.490 e. The summed E-state index contributed by atoms with van der Waals surface area (Å²) >= 11 is 3.31. The summed E-state index contributed by atoms with van der Waals surface area (Å²) in [4.78, 5) is 0. The minimum atomic E-state index is 0.196. The van der Waals surface area contributed by atoms with E-state index >= 15 is 0 Å². The highest BCUT2D eigenvalue weighted by atomic mass is 79.9. The van der Waals surface area contributed by atoms with E-state index in [0.717, 1.165) is 4.47 Å². The molecule has 3 nitrogen and oxygen atoms in total. The monoisotopic (exact) mass is 283 g/mol. The van der Waals surface area contributed by atoms with Crippen LogP contribution in [0.4, 0.5) is 0 Å². The lowest BCUT2D eigenvalue weighted by Gasteiger charge is -2.10. The molecule has 0 aliphatic carbocycles.